The van der Waals surface area contributed by atoms with E-state index in [4.69, 9.17) is 4.74 Å². The largest absolute Gasteiger partial charge is 0.456 e. The minimum atomic E-state index is -0.393. The smallest absolute Gasteiger partial charge is 0.140 e. The highest BCUT2D eigenvalue weighted by Gasteiger charge is 2.05. The first-order valence-corrected chi connectivity index (χ1v) is 6.99. The molecule has 0 aromatic heterocycles. The van der Waals surface area contributed by atoms with E-state index in [2.05, 4.69) is 22.6 Å². The van der Waals surface area contributed by atoms with Gasteiger partial charge in [0.15, 0.2) is 0 Å². The van der Waals surface area contributed by atoms with E-state index >= 15 is 0 Å². The molecule has 0 saturated carbocycles. The Kier molecular flexibility index (Phi) is 4.60. The third kappa shape index (κ3) is 3.23. The summed E-state index contributed by atoms with van der Waals surface area (Å²) in [4.78, 5) is 0. The Hall–Kier alpha value is -1.07. The molecule has 0 spiro atoms. The molecular formula is C15H15IO2. The van der Waals surface area contributed by atoms with Crippen molar-refractivity contribution in [2.75, 3.05) is 0 Å². The van der Waals surface area contributed by atoms with Crippen molar-refractivity contribution in [3.05, 3.63) is 57.7 Å². The quantitative estimate of drug-likeness (QED) is 0.818. The number of hydrogen-bond acceptors (Lipinski definition) is 2. The number of rotatable bonds is 4. The molecule has 1 atom stereocenters. The number of aliphatic hydroxyl groups excluding tert-OH is 1. The molecule has 2 aromatic rings. The van der Waals surface area contributed by atoms with Gasteiger partial charge in [0.25, 0.3) is 0 Å². The topological polar surface area (TPSA) is 29.5 Å². The van der Waals surface area contributed by atoms with Crippen LogP contribution in [0.5, 0.6) is 11.5 Å². The lowest BCUT2D eigenvalue weighted by molar-refractivity contribution is 0.173. The Labute approximate surface area is 121 Å². The third-order valence-corrected chi connectivity index (χ3v) is 3.61. The Balaban J connectivity index is 2.14. The van der Waals surface area contributed by atoms with Gasteiger partial charge in [0, 0.05) is 0 Å². The second-order valence-electron chi connectivity index (χ2n) is 4.03. The highest BCUT2D eigenvalue weighted by atomic mass is 127. The van der Waals surface area contributed by atoms with Crippen LogP contribution in [0.25, 0.3) is 0 Å². The summed E-state index contributed by atoms with van der Waals surface area (Å²) in [6, 6.07) is 15.5. The van der Waals surface area contributed by atoms with E-state index in [0.717, 1.165) is 27.1 Å². The Morgan fingerprint density at radius 2 is 1.78 bits per heavy atom. The van der Waals surface area contributed by atoms with Gasteiger partial charge >= 0.3 is 0 Å². The monoisotopic (exact) mass is 354 g/mol. The Morgan fingerprint density at radius 1 is 1.11 bits per heavy atom. The van der Waals surface area contributed by atoms with Gasteiger partial charge in [-0.25, -0.2) is 0 Å². The van der Waals surface area contributed by atoms with Crippen molar-refractivity contribution in [3.63, 3.8) is 0 Å². The lowest BCUT2D eigenvalue weighted by Gasteiger charge is -2.10. The molecular weight excluding hydrogens is 339 g/mol. The van der Waals surface area contributed by atoms with E-state index in [0.29, 0.717) is 0 Å². The number of ether oxygens (including phenoxy) is 1. The van der Waals surface area contributed by atoms with Gasteiger partial charge in [0.1, 0.15) is 11.5 Å². The maximum Gasteiger partial charge on any atom is 0.140 e. The zero-order chi connectivity index (χ0) is 13.0. The first kappa shape index (κ1) is 13.4. The van der Waals surface area contributed by atoms with Crippen LogP contribution < -0.4 is 4.74 Å². The van der Waals surface area contributed by atoms with Crippen LogP contribution >= 0.6 is 22.6 Å². The summed E-state index contributed by atoms with van der Waals surface area (Å²) in [5, 5.41) is 9.71. The van der Waals surface area contributed by atoms with Gasteiger partial charge in [-0.3, -0.25) is 0 Å². The van der Waals surface area contributed by atoms with E-state index in [1.807, 2.05) is 55.5 Å². The molecule has 0 saturated heterocycles. The van der Waals surface area contributed by atoms with Gasteiger partial charge in [-0.05, 0) is 58.8 Å². The van der Waals surface area contributed by atoms with Crippen molar-refractivity contribution in [1.82, 2.24) is 0 Å². The summed E-state index contributed by atoms with van der Waals surface area (Å²) in [5.41, 5.74) is 0.924. The Morgan fingerprint density at radius 3 is 2.39 bits per heavy atom. The van der Waals surface area contributed by atoms with Crippen LogP contribution in [-0.2, 0) is 0 Å². The molecule has 2 nitrogen and oxygen atoms in total. The minimum Gasteiger partial charge on any atom is -0.456 e. The molecule has 3 heteroatoms. The van der Waals surface area contributed by atoms with Crippen molar-refractivity contribution < 1.29 is 9.84 Å². The number of halogens is 1. The SMILES string of the molecule is CC[C@H](O)c1ccc(Oc2ccccc2I)cc1. The number of hydrogen-bond donors (Lipinski definition) is 1. The number of aliphatic hydroxyl groups is 1. The van der Waals surface area contributed by atoms with E-state index in [1.165, 1.54) is 0 Å². The summed E-state index contributed by atoms with van der Waals surface area (Å²) >= 11 is 2.25. The third-order valence-electron chi connectivity index (χ3n) is 2.72. The van der Waals surface area contributed by atoms with E-state index in [1.54, 1.807) is 0 Å². The highest BCUT2D eigenvalue weighted by molar-refractivity contribution is 14.1. The van der Waals surface area contributed by atoms with Gasteiger partial charge in [0.05, 0.1) is 9.67 Å². The van der Waals surface area contributed by atoms with Gasteiger partial charge in [0.2, 0.25) is 0 Å². The van der Waals surface area contributed by atoms with Crippen LogP contribution in [0, 0.1) is 3.57 Å². The molecule has 0 amide bonds. The van der Waals surface area contributed by atoms with Gasteiger partial charge in [-0.15, -0.1) is 0 Å². The van der Waals surface area contributed by atoms with Gasteiger partial charge in [-0.2, -0.15) is 0 Å². The first-order valence-electron chi connectivity index (χ1n) is 5.91. The van der Waals surface area contributed by atoms with Crippen molar-refractivity contribution in [1.29, 1.82) is 0 Å². The van der Waals surface area contributed by atoms with Crippen molar-refractivity contribution >= 4 is 22.6 Å². The van der Waals surface area contributed by atoms with Gasteiger partial charge < -0.3 is 9.84 Å². The standard InChI is InChI=1S/C15H15IO2/c1-2-14(17)11-7-9-12(10-8-11)18-15-6-4-3-5-13(15)16/h3-10,14,17H,2H2,1H3/t14-/m0/s1. The van der Waals surface area contributed by atoms with Crippen molar-refractivity contribution in [2.24, 2.45) is 0 Å². The first-order chi connectivity index (χ1) is 8.70. The van der Waals surface area contributed by atoms with E-state index in [-0.39, 0.29) is 0 Å². The zero-order valence-electron chi connectivity index (χ0n) is 10.1. The zero-order valence-corrected chi connectivity index (χ0v) is 12.3. The maximum absolute atomic E-state index is 9.71. The van der Waals surface area contributed by atoms with Crippen molar-refractivity contribution in [2.45, 2.75) is 19.4 Å². The summed E-state index contributed by atoms with van der Waals surface area (Å²) in [6.45, 7) is 1.96. The fourth-order valence-electron chi connectivity index (χ4n) is 1.65. The molecule has 0 unspecified atom stereocenters. The average Bonchev–Trinajstić information content (AvgIpc) is 2.41. The van der Waals surface area contributed by atoms with Crippen LogP contribution in [0.1, 0.15) is 25.0 Å². The molecule has 18 heavy (non-hydrogen) atoms. The van der Waals surface area contributed by atoms with Crippen LogP contribution in [-0.4, -0.2) is 5.11 Å². The lowest BCUT2D eigenvalue weighted by Crippen LogP contribution is -1.94. The lowest BCUT2D eigenvalue weighted by atomic mass is 10.1. The average molecular weight is 354 g/mol. The van der Waals surface area contributed by atoms with Crippen molar-refractivity contribution in [3.8, 4) is 11.5 Å². The fourth-order valence-corrected chi connectivity index (χ4v) is 2.15. The predicted molar refractivity (Wildman–Crippen MR) is 80.9 cm³/mol. The molecule has 0 aliphatic heterocycles. The summed E-state index contributed by atoms with van der Waals surface area (Å²) in [6.07, 6.45) is 0.326. The van der Waals surface area contributed by atoms with Crippen LogP contribution in [0.2, 0.25) is 0 Å². The summed E-state index contributed by atoms with van der Waals surface area (Å²) < 4.78 is 6.87. The highest BCUT2D eigenvalue weighted by Crippen LogP contribution is 2.27. The molecule has 0 bridgehead atoms. The van der Waals surface area contributed by atoms with Crippen LogP contribution in [0.3, 0.4) is 0 Å². The second-order valence-corrected chi connectivity index (χ2v) is 5.19. The molecule has 0 aliphatic rings. The molecule has 0 heterocycles. The van der Waals surface area contributed by atoms with Gasteiger partial charge in [-0.1, -0.05) is 31.2 Å². The molecule has 1 N–H and O–H groups in total. The molecule has 94 valence electrons. The number of para-hydroxylation sites is 1. The van der Waals surface area contributed by atoms with E-state index in [9.17, 15) is 5.11 Å². The molecule has 2 rings (SSSR count). The second kappa shape index (κ2) is 6.20. The molecule has 0 fully saturated rings. The molecule has 0 aliphatic carbocycles. The maximum atomic E-state index is 9.71. The molecule has 2 aromatic carbocycles. The normalized spacial score (nSPS) is 12.2. The minimum absolute atomic E-state index is 0.393. The fraction of sp³-hybridized carbons (Fsp3) is 0.200. The summed E-state index contributed by atoms with van der Waals surface area (Å²) in [7, 11) is 0. The predicted octanol–water partition coefficient (Wildman–Crippen LogP) is 4.53. The van der Waals surface area contributed by atoms with E-state index < -0.39 is 6.10 Å². The number of benzene rings is 2. The Bertz CT molecular complexity index is 508. The van der Waals surface area contributed by atoms with Crippen LogP contribution in [0.15, 0.2) is 48.5 Å². The summed E-state index contributed by atoms with van der Waals surface area (Å²) in [5.74, 6) is 1.63. The molecule has 0 radical (unpaired) electrons. The van der Waals surface area contributed by atoms with Crippen LogP contribution in [0.4, 0.5) is 0 Å².